The number of aromatic nitrogens is 2. The third kappa shape index (κ3) is 7.30. The van der Waals surface area contributed by atoms with Gasteiger partial charge in [-0.25, -0.2) is 17.5 Å². The fourth-order valence-electron chi connectivity index (χ4n) is 5.48. The van der Waals surface area contributed by atoms with Crippen molar-refractivity contribution in [1.82, 2.24) is 19.8 Å². The zero-order valence-corrected chi connectivity index (χ0v) is 24.5. The lowest BCUT2D eigenvalue weighted by Gasteiger charge is -2.43. The zero-order valence-electron chi connectivity index (χ0n) is 23.7. The quantitative estimate of drug-likeness (QED) is 0.235. The van der Waals surface area contributed by atoms with E-state index >= 15 is 17.6 Å². The van der Waals surface area contributed by atoms with Crippen LogP contribution in [0.2, 0.25) is 0 Å². The van der Waals surface area contributed by atoms with Gasteiger partial charge in [-0.3, -0.25) is 14.8 Å². The van der Waals surface area contributed by atoms with Crippen molar-refractivity contribution in [1.29, 1.82) is 0 Å². The highest BCUT2D eigenvalue weighted by molar-refractivity contribution is 7.91. The van der Waals surface area contributed by atoms with Gasteiger partial charge < -0.3 is 9.84 Å². The lowest BCUT2D eigenvalue weighted by Crippen LogP contribution is -2.61. The molecule has 1 aromatic carbocycles. The molecular formula is C28H31F7N4O5S. The molecular weight excluding hydrogens is 637 g/mol. The molecule has 9 nitrogen and oxygen atoms in total. The summed E-state index contributed by atoms with van der Waals surface area (Å²) in [7, 11) is -4.17. The van der Waals surface area contributed by atoms with Crippen LogP contribution in [0, 0.1) is 11.7 Å². The normalized spacial score (nSPS) is 23.2. The molecule has 0 saturated heterocycles. The number of halogens is 7. The van der Waals surface area contributed by atoms with Crippen molar-refractivity contribution in [3.05, 3.63) is 53.1 Å². The summed E-state index contributed by atoms with van der Waals surface area (Å²) in [5.41, 5.74) is -5.62. The monoisotopic (exact) mass is 668 g/mol. The average Bonchev–Trinajstić information content (AvgIpc) is 3.66. The number of amides is 1. The first-order valence-corrected chi connectivity index (χ1v) is 15.9. The van der Waals surface area contributed by atoms with Crippen molar-refractivity contribution in [3.63, 3.8) is 0 Å². The molecule has 5 rings (SSSR count). The lowest BCUT2D eigenvalue weighted by atomic mass is 9.77. The highest BCUT2D eigenvalue weighted by atomic mass is 32.2. The summed E-state index contributed by atoms with van der Waals surface area (Å²) in [6.45, 7) is -0.0204. The first-order chi connectivity index (χ1) is 21.0. The molecule has 1 unspecified atom stereocenters. The second kappa shape index (κ2) is 12.2. The van der Waals surface area contributed by atoms with E-state index in [1.54, 1.807) is 0 Å². The number of sulfonamides is 1. The van der Waals surface area contributed by atoms with Crippen molar-refractivity contribution >= 4 is 21.5 Å². The van der Waals surface area contributed by atoms with Gasteiger partial charge in [0.05, 0.1) is 23.1 Å². The maximum absolute atomic E-state index is 15.5. The highest BCUT2D eigenvalue weighted by Gasteiger charge is 2.61. The van der Waals surface area contributed by atoms with Gasteiger partial charge in [0.2, 0.25) is 10.0 Å². The van der Waals surface area contributed by atoms with Crippen molar-refractivity contribution < 1.29 is 53.8 Å². The Morgan fingerprint density at radius 3 is 2.42 bits per heavy atom. The molecule has 2 aliphatic carbocycles. The number of aliphatic hydroxyl groups excluding tert-OH is 1. The van der Waals surface area contributed by atoms with Gasteiger partial charge in [0.15, 0.2) is 0 Å². The standard InChI is InChI=1S/C28H31F7N4O5S/c29-21-13-17(44-12-2-10-27(30,31)32)5-8-20(21)26(28(33,34)35)14-19(22-9-11-39(37-22)15-16-3-1-4-16)23(24(40)36-26)25(41)38-45(42,43)18-6-7-18/h5,8-9,11,13,16,18,24,36,40H,1-4,6-7,10,12,14-15H2,(H,38,41)/t24?,26-/m0/s1. The minimum Gasteiger partial charge on any atom is -0.493 e. The molecule has 0 bridgehead atoms. The number of nitrogens with one attached hydrogen (secondary N) is 2. The van der Waals surface area contributed by atoms with Crippen LogP contribution in [-0.4, -0.2) is 59.6 Å². The van der Waals surface area contributed by atoms with E-state index in [-0.39, 0.29) is 11.4 Å². The van der Waals surface area contributed by atoms with Crippen molar-refractivity contribution in [2.75, 3.05) is 6.61 Å². The number of alkyl halides is 6. The van der Waals surface area contributed by atoms with Gasteiger partial charge in [-0.1, -0.05) is 12.5 Å². The second-order valence-electron chi connectivity index (χ2n) is 11.6. The van der Waals surface area contributed by atoms with Gasteiger partial charge in [-0.15, -0.1) is 0 Å². The van der Waals surface area contributed by atoms with Crippen molar-refractivity contribution in [3.8, 4) is 5.75 Å². The zero-order chi connectivity index (χ0) is 32.8. The lowest BCUT2D eigenvalue weighted by molar-refractivity contribution is -0.210. The molecule has 45 heavy (non-hydrogen) atoms. The number of ether oxygens (including phenoxy) is 1. The maximum Gasteiger partial charge on any atom is 0.411 e. The van der Waals surface area contributed by atoms with Crippen LogP contribution >= 0.6 is 0 Å². The molecule has 2 atom stereocenters. The van der Waals surface area contributed by atoms with E-state index in [1.165, 1.54) is 16.9 Å². The summed E-state index contributed by atoms with van der Waals surface area (Å²) in [6.07, 6.45) is -9.98. The molecule has 1 aliphatic heterocycles. The Labute approximate surface area is 253 Å². The van der Waals surface area contributed by atoms with Crippen molar-refractivity contribution in [2.45, 2.75) is 87.3 Å². The van der Waals surface area contributed by atoms with E-state index in [0.717, 1.165) is 31.4 Å². The number of nitrogens with zero attached hydrogens (tertiary/aromatic N) is 2. The highest BCUT2D eigenvalue weighted by Crippen LogP contribution is 2.50. The largest absolute Gasteiger partial charge is 0.493 e. The fourth-order valence-corrected chi connectivity index (χ4v) is 6.78. The molecule has 3 N–H and O–H groups in total. The Balaban J connectivity index is 1.51. The number of hydrogen-bond donors (Lipinski definition) is 3. The number of aliphatic hydroxyl groups is 1. The van der Waals surface area contributed by atoms with E-state index in [4.69, 9.17) is 4.74 Å². The third-order valence-corrected chi connectivity index (χ3v) is 10.1. The van der Waals surface area contributed by atoms with Gasteiger partial charge >= 0.3 is 12.4 Å². The van der Waals surface area contributed by atoms with Crippen LogP contribution in [0.5, 0.6) is 5.75 Å². The minimum absolute atomic E-state index is 0.137. The second-order valence-corrected chi connectivity index (χ2v) is 13.6. The smallest absolute Gasteiger partial charge is 0.411 e. The van der Waals surface area contributed by atoms with Crippen LogP contribution in [0.15, 0.2) is 36.0 Å². The van der Waals surface area contributed by atoms with Crippen LogP contribution in [0.4, 0.5) is 30.7 Å². The van der Waals surface area contributed by atoms with E-state index in [0.29, 0.717) is 31.4 Å². The summed E-state index contributed by atoms with van der Waals surface area (Å²) >= 11 is 0. The number of rotatable bonds is 11. The molecule has 0 spiro atoms. The Bertz CT molecular complexity index is 1570. The third-order valence-electron chi connectivity index (χ3n) is 8.24. The minimum atomic E-state index is -5.30. The first-order valence-electron chi connectivity index (χ1n) is 14.3. The summed E-state index contributed by atoms with van der Waals surface area (Å²) < 4.78 is 131. The van der Waals surface area contributed by atoms with Gasteiger partial charge in [0.1, 0.15) is 23.3 Å². The Hall–Kier alpha value is -3.18. The molecule has 2 saturated carbocycles. The van der Waals surface area contributed by atoms with Gasteiger partial charge in [0.25, 0.3) is 5.91 Å². The molecule has 2 aromatic rings. The van der Waals surface area contributed by atoms with Gasteiger partial charge in [0, 0.05) is 37.2 Å². The molecule has 1 amide bonds. The summed E-state index contributed by atoms with van der Waals surface area (Å²) in [5, 5.41) is 16.4. The molecule has 2 fully saturated rings. The number of carbonyl (C=O) groups is 1. The molecule has 2 heterocycles. The van der Waals surface area contributed by atoms with E-state index in [1.807, 2.05) is 10.0 Å². The average molecular weight is 669 g/mol. The number of hydrogen-bond acceptors (Lipinski definition) is 7. The van der Waals surface area contributed by atoms with Crippen LogP contribution < -0.4 is 14.8 Å². The molecule has 3 aliphatic rings. The van der Waals surface area contributed by atoms with E-state index in [2.05, 4.69) is 5.10 Å². The molecule has 0 radical (unpaired) electrons. The predicted molar refractivity (Wildman–Crippen MR) is 145 cm³/mol. The molecule has 248 valence electrons. The number of carbonyl (C=O) groups excluding carboxylic acids is 1. The Kier molecular flexibility index (Phi) is 9.00. The van der Waals surface area contributed by atoms with E-state index in [9.17, 15) is 31.5 Å². The SMILES string of the molecule is O=C(NS(=O)(=O)C1CC1)C1=C(c2ccn(CC3CCC3)n2)C[C@](c2ccc(OCCCC(F)(F)F)cc2F)(C(F)(F)F)NC1O. The molecule has 17 heteroatoms. The summed E-state index contributed by atoms with van der Waals surface area (Å²) in [6, 6.07) is 3.61. The Morgan fingerprint density at radius 2 is 1.84 bits per heavy atom. The topological polar surface area (TPSA) is 123 Å². The van der Waals surface area contributed by atoms with Crippen LogP contribution in [0.25, 0.3) is 5.57 Å². The van der Waals surface area contributed by atoms with E-state index < -0.39 is 93.7 Å². The van der Waals surface area contributed by atoms with Crippen LogP contribution in [0.1, 0.15) is 62.6 Å². The van der Waals surface area contributed by atoms with Gasteiger partial charge in [-0.05, 0) is 55.7 Å². The predicted octanol–water partition coefficient (Wildman–Crippen LogP) is 4.68. The fraction of sp³-hybridized carbons (Fsp3) is 0.571. The van der Waals surface area contributed by atoms with Crippen molar-refractivity contribution in [2.24, 2.45) is 5.92 Å². The maximum atomic E-state index is 15.5. The molecule has 1 aromatic heterocycles. The first kappa shape index (κ1) is 33.2. The Morgan fingerprint density at radius 1 is 1.13 bits per heavy atom. The number of benzene rings is 1. The van der Waals surface area contributed by atoms with Gasteiger partial charge in [-0.2, -0.15) is 31.4 Å². The van der Waals surface area contributed by atoms with Crippen LogP contribution in [0.3, 0.4) is 0 Å². The summed E-state index contributed by atoms with van der Waals surface area (Å²) in [4.78, 5) is 13.3. The summed E-state index contributed by atoms with van der Waals surface area (Å²) in [5.74, 6) is -2.80. The van der Waals surface area contributed by atoms with Crippen LogP contribution in [-0.2, 0) is 26.9 Å².